The minimum atomic E-state index is -0.953. The number of nitrogens with zero attached hydrogens (tertiary/aromatic N) is 2. The van der Waals surface area contributed by atoms with E-state index >= 15 is 0 Å². The Bertz CT molecular complexity index is 1080. The Labute approximate surface area is 175 Å². The van der Waals surface area contributed by atoms with E-state index in [0.717, 1.165) is 54.4 Å². The number of aliphatic carboxylic acids is 1. The van der Waals surface area contributed by atoms with Crippen molar-refractivity contribution in [3.8, 4) is 0 Å². The number of carboxylic acid groups (broad SMARTS) is 1. The van der Waals surface area contributed by atoms with Crippen molar-refractivity contribution in [2.45, 2.75) is 44.6 Å². The molecular formula is C21H21F2N3O3S. The molecule has 6 nitrogen and oxygen atoms in total. The number of nitrogens with one attached hydrogen (secondary N) is 1. The fraction of sp³-hybridized carbons (Fsp3) is 0.476. The predicted octanol–water partition coefficient (Wildman–Crippen LogP) is 3.42. The van der Waals surface area contributed by atoms with Gasteiger partial charge in [-0.3, -0.25) is 14.6 Å². The molecule has 1 saturated carbocycles. The van der Waals surface area contributed by atoms with Gasteiger partial charge in [0.15, 0.2) is 5.78 Å². The molecule has 0 spiro atoms. The molecule has 2 aliphatic carbocycles. The van der Waals surface area contributed by atoms with E-state index in [1.807, 2.05) is 0 Å². The lowest BCUT2D eigenvalue weighted by Gasteiger charge is -2.52. The van der Waals surface area contributed by atoms with E-state index in [4.69, 9.17) is 0 Å². The van der Waals surface area contributed by atoms with Crippen LogP contribution in [0.4, 0.5) is 8.78 Å². The van der Waals surface area contributed by atoms with Gasteiger partial charge in [0.1, 0.15) is 18.2 Å². The van der Waals surface area contributed by atoms with Gasteiger partial charge in [0.25, 0.3) is 0 Å². The van der Waals surface area contributed by atoms with E-state index in [9.17, 15) is 23.5 Å². The lowest BCUT2D eigenvalue weighted by molar-refractivity contribution is -0.141. The molecule has 1 aromatic heterocycles. The van der Waals surface area contributed by atoms with Crippen LogP contribution in [0.25, 0.3) is 10.2 Å². The van der Waals surface area contributed by atoms with Crippen molar-refractivity contribution in [1.82, 2.24) is 15.4 Å². The molecule has 0 bridgehead atoms. The summed E-state index contributed by atoms with van der Waals surface area (Å²) in [5.74, 6) is -1.72. The number of fused-ring (bicyclic) bond motifs is 4. The molecule has 1 aliphatic heterocycles. The van der Waals surface area contributed by atoms with Crippen molar-refractivity contribution in [2.24, 2.45) is 11.8 Å². The highest BCUT2D eigenvalue weighted by Gasteiger charge is 2.51. The van der Waals surface area contributed by atoms with Gasteiger partial charge >= 0.3 is 5.97 Å². The lowest BCUT2D eigenvalue weighted by atomic mass is 9.61. The SMILES string of the molecule is O=C(O)CN1NC(CCc2nc3cc(F)cc(F)c3s2)C(=O)C2=C1C1CCCCC21. The number of allylic oxidation sites excluding steroid dienone is 1. The molecule has 30 heavy (non-hydrogen) atoms. The number of carboxylic acids is 1. The maximum absolute atomic E-state index is 13.9. The highest BCUT2D eigenvalue weighted by Crippen LogP contribution is 2.52. The van der Waals surface area contributed by atoms with Gasteiger partial charge in [-0.2, -0.15) is 0 Å². The van der Waals surface area contributed by atoms with E-state index in [0.29, 0.717) is 22.5 Å². The number of halogens is 2. The summed E-state index contributed by atoms with van der Waals surface area (Å²) in [6.45, 7) is -0.197. The second kappa shape index (κ2) is 7.39. The van der Waals surface area contributed by atoms with Gasteiger partial charge in [0, 0.05) is 35.7 Å². The molecule has 2 heterocycles. The van der Waals surface area contributed by atoms with Crippen LogP contribution in [-0.4, -0.2) is 39.4 Å². The molecule has 3 atom stereocenters. The third-order valence-corrected chi connectivity index (χ3v) is 7.48. The molecule has 158 valence electrons. The molecule has 0 radical (unpaired) electrons. The molecular weight excluding hydrogens is 412 g/mol. The fourth-order valence-electron chi connectivity index (χ4n) is 5.10. The second-order valence-electron chi connectivity index (χ2n) is 8.20. The number of aromatic nitrogens is 1. The number of ketones is 1. The maximum Gasteiger partial charge on any atom is 0.324 e. The quantitative estimate of drug-likeness (QED) is 0.752. The number of thiazole rings is 1. The Hall–Kier alpha value is -2.39. The average molecular weight is 433 g/mol. The summed E-state index contributed by atoms with van der Waals surface area (Å²) < 4.78 is 27.7. The zero-order valence-corrected chi connectivity index (χ0v) is 17.0. The van der Waals surface area contributed by atoms with Crippen LogP contribution < -0.4 is 5.43 Å². The van der Waals surface area contributed by atoms with Gasteiger partial charge in [0.2, 0.25) is 0 Å². The van der Waals surface area contributed by atoms with Gasteiger partial charge < -0.3 is 5.11 Å². The Morgan fingerprint density at radius 1 is 1.27 bits per heavy atom. The Morgan fingerprint density at radius 2 is 2.03 bits per heavy atom. The second-order valence-corrected chi connectivity index (χ2v) is 9.29. The molecule has 1 aromatic carbocycles. The van der Waals surface area contributed by atoms with Crippen molar-refractivity contribution >= 4 is 33.3 Å². The van der Waals surface area contributed by atoms with Crippen LogP contribution in [0.5, 0.6) is 0 Å². The number of aryl methyl sites for hydroxylation is 1. The van der Waals surface area contributed by atoms with Crippen LogP contribution >= 0.6 is 11.3 Å². The monoisotopic (exact) mass is 433 g/mol. The largest absolute Gasteiger partial charge is 0.480 e. The standard InChI is InChI=1S/C21H21F2N3O3S/c22-10-7-13(23)21-15(8-10)24-16(30-21)6-5-14-20(29)18-11-3-1-2-4-12(11)19(18)26(25-14)9-17(27)28/h7-8,11-12,14,25H,1-6,9H2,(H,27,28). The number of hydrazine groups is 1. The molecule has 1 fully saturated rings. The number of Topliss-reactive ketones (excluding diaryl/α,β-unsaturated/α-hetero) is 1. The fourth-order valence-corrected chi connectivity index (χ4v) is 6.06. The minimum Gasteiger partial charge on any atom is -0.480 e. The zero-order chi connectivity index (χ0) is 21.0. The normalized spacial score (nSPS) is 25.9. The topological polar surface area (TPSA) is 82.5 Å². The molecule has 9 heteroatoms. The number of hydrogen-bond donors (Lipinski definition) is 2. The van der Waals surface area contributed by atoms with Gasteiger partial charge in [-0.05, 0) is 25.2 Å². The Balaban J connectivity index is 1.37. The molecule has 0 saturated heterocycles. The number of rotatable bonds is 5. The van der Waals surface area contributed by atoms with Crippen LogP contribution in [0, 0.1) is 23.5 Å². The molecule has 0 amide bonds. The molecule has 3 aliphatic rings. The van der Waals surface area contributed by atoms with Crippen molar-refractivity contribution in [2.75, 3.05) is 6.54 Å². The first-order valence-corrected chi connectivity index (χ1v) is 11.0. The molecule has 2 N–H and O–H groups in total. The summed E-state index contributed by atoms with van der Waals surface area (Å²) in [4.78, 5) is 28.8. The summed E-state index contributed by atoms with van der Waals surface area (Å²) in [5, 5.41) is 11.6. The lowest BCUT2D eigenvalue weighted by Crippen LogP contribution is -2.61. The van der Waals surface area contributed by atoms with Crippen LogP contribution in [0.3, 0.4) is 0 Å². The van der Waals surface area contributed by atoms with Crippen LogP contribution in [0.15, 0.2) is 23.4 Å². The van der Waals surface area contributed by atoms with Gasteiger partial charge in [-0.25, -0.2) is 19.2 Å². The summed E-state index contributed by atoms with van der Waals surface area (Å²) >= 11 is 1.16. The smallest absolute Gasteiger partial charge is 0.324 e. The van der Waals surface area contributed by atoms with Gasteiger partial charge in [0.05, 0.1) is 21.3 Å². The third kappa shape index (κ3) is 3.20. The van der Waals surface area contributed by atoms with Crippen molar-refractivity contribution < 1.29 is 23.5 Å². The van der Waals surface area contributed by atoms with E-state index in [2.05, 4.69) is 10.4 Å². The van der Waals surface area contributed by atoms with Crippen LogP contribution in [0.1, 0.15) is 37.1 Å². The van der Waals surface area contributed by atoms with E-state index in [-0.39, 0.29) is 29.7 Å². The number of benzene rings is 1. The number of carbonyl (C=O) groups excluding carboxylic acids is 1. The van der Waals surface area contributed by atoms with Crippen LogP contribution in [-0.2, 0) is 16.0 Å². The van der Waals surface area contributed by atoms with Crippen molar-refractivity contribution in [3.05, 3.63) is 40.0 Å². The molecule has 5 rings (SSSR count). The molecule has 3 unspecified atom stereocenters. The number of carbonyl (C=O) groups is 2. The predicted molar refractivity (Wildman–Crippen MR) is 107 cm³/mol. The number of hydrogen-bond acceptors (Lipinski definition) is 6. The van der Waals surface area contributed by atoms with E-state index in [1.54, 1.807) is 5.01 Å². The zero-order valence-electron chi connectivity index (χ0n) is 16.2. The Morgan fingerprint density at radius 3 is 2.80 bits per heavy atom. The Kier molecular flexibility index (Phi) is 4.82. The van der Waals surface area contributed by atoms with Gasteiger partial charge in [-0.1, -0.05) is 12.8 Å². The summed E-state index contributed by atoms with van der Waals surface area (Å²) in [6.07, 6.45) is 4.99. The summed E-state index contributed by atoms with van der Waals surface area (Å²) in [7, 11) is 0. The first-order chi connectivity index (χ1) is 14.4. The van der Waals surface area contributed by atoms with E-state index in [1.165, 1.54) is 6.07 Å². The third-order valence-electron chi connectivity index (χ3n) is 6.34. The average Bonchev–Trinajstić information content (AvgIpc) is 3.08. The first-order valence-electron chi connectivity index (χ1n) is 10.2. The molecule has 2 aromatic rings. The van der Waals surface area contributed by atoms with Crippen LogP contribution in [0.2, 0.25) is 0 Å². The summed E-state index contributed by atoms with van der Waals surface area (Å²) in [6, 6.07) is 1.50. The highest BCUT2D eigenvalue weighted by molar-refractivity contribution is 7.18. The highest BCUT2D eigenvalue weighted by atomic mass is 32.1. The van der Waals surface area contributed by atoms with E-state index < -0.39 is 23.6 Å². The van der Waals surface area contributed by atoms with Gasteiger partial charge in [-0.15, -0.1) is 11.3 Å². The van der Waals surface area contributed by atoms with Crippen molar-refractivity contribution in [1.29, 1.82) is 0 Å². The van der Waals surface area contributed by atoms with Crippen molar-refractivity contribution in [3.63, 3.8) is 0 Å². The minimum absolute atomic E-state index is 0.0353. The summed E-state index contributed by atoms with van der Waals surface area (Å²) in [5.41, 5.74) is 5.04. The first kappa shape index (κ1) is 19.6. The maximum atomic E-state index is 13.9.